The predicted octanol–water partition coefficient (Wildman–Crippen LogP) is 6.64. The van der Waals surface area contributed by atoms with Crippen LogP contribution in [0.25, 0.3) is 15.9 Å². The first-order chi connectivity index (χ1) is 15.0. The Hall–Kier alpha value is -1.32. The van der Waals surface area contributed by atoms with Gasteiger partial charge in [-0.1, -0.05) is 60.2 Å². The van der Waals surface area contributed by atoms with Crippen molar-refractivity contribution in [2.75, 3.05) is 5.75 Å². The first kappa shape index (κ1) is 21.5. The Morgan fingerprint density at radius 3 is 2.84 bits per heavy atom. The molecule has 31 heavy (non-hydrogen) atoms. The lowest BCUT2D eigenvalue weighted by atomic mass is 9.94. The van der Waals surface area contributed by atoms with Crippen LogP contribution in [0.1, 0.15) is 43.2 Å². The molecule has 0 saturated heterocycles. The van der Waals surface area contributed by atoms with Gasteiger partial charge in [-0.15, -0.1) is 21.5 Å². The molecule has 5 rings (SSSR count). The van der Waals surface area contributed by atoms with Crippen LogP contribution in [0.5, 0.6) is 0 Å². The molecule has 0 bridgehead atoms. The van der Waals surface area contributed by atoms with E-state index in [4.69, 9.17) is 21.3 Å². The number of thiophene rings is 1. The number of aromatic nitrogens is 4. The first-order valence-electron chi connectivity index (χ1n) is 10.3. The second kappa shape index (κ2) is 8.56. The fraction of sp³-hybridized carbons (Fsp3) is 0.409. The molecule has 0 atom stereocenters. The Labute approximate surface area is 198 Å². The van der Waals surface area contributed by atoms with Gasteiger partial charge in [0.05, 0.1) is 17.6 Å². The summed E-state index contributed by atoms with van der Waals surface area (Å²) in [6.07, 6.45) is 1.94. The number of benzene rings is 1. The lowest BCUT2D eigenvalue weighted by molar-refractivity contribution is -0.0379. The molecule has 3 aromatic heterocycles. The summed E-state index contributed by atoms with van der Waals surface area (Å²) in [6.45, 7) is 7.11. The van der Waals surface area contributed by atoms with E-state index in [2.05, 4.69) is 41.4 Å². The van der Waals surface area contributed by atoms with Gasteiger partial charge in [0.2, 0.25) is 0 Å². The maximum Gasteiger partial charge on any atom is 0.198 e. The minimum Gasteiger partial charge on any atom is -0.370 e. The van der Waals surface area contributed by atoms with Crippen molar-refractivity contribution < 1.29 is 4.74 Å². The maximum atomic E-state index is 6.37. The quantitative estimate of drug-likeness (QED) is 0.223. The summed E-state index contributed by atoms with van der Waals surface area (Å²) in [7, 11) is 0. The van der Waals surface area contributed by atoms with Gasteiger partial charge in [-0.05, 0) is 37.5 Å². The van der Waals surface area contributed by atoms with E-state index in [0.29, 0.717) is 6.61 Å². The van der Waals surface area contributed by atoms with Crippen molar-refractivity contribution in [1.82, 2.24) is 19.6 Å². The summed E-state index contributed by atoms with van der Waals surface area (Å²) in [5.74, 6) is 1.74. The third kappa shape index (κ3) is 4.09. The van der Waals surface area contributed by atoms with Crippen LogP contribution in [0.3, 0.4) is 0 Å². The Balaban J connectivity index is 1.63. The van der Waals surface area contributed by atoms with Crippen molar-refractivity contribution in [2.45, 2.75) is 61.9 Å². The Kier molecular flexibility index (Phi) is 5.94. The molecule has 0 N–H and O–H groups in total. The second-order valence-electron chi connectivity index (χ2n) is 8.17. The van der Waals surface area contributed by atoms with Gasteiger partial charge < -0.3 is 4.74 Å². The first-order valence-corrected chi connectivity index (χ1v) is 13.5. The minimum atomic E-state index is -0.185. The molecule has 0 saturated carbocycles. The lowest BCUT2D eigenvalue weighted by Gasteiger charge is -2.30. The second-order valence-corrected chi connectivity index (χ2v) is 11.7. The average Bonchev–Trinajstić information content (AvgIpc) is 3.31. The fourth-order valence-corrected chi connectivity index (χ4v) is 7.01. The molecule has 0 amide bonds. The van der Waals surface area contributed by atoms with Gasteiger partial charge in [-0.25, -0.2) is 9.38 Å². The van der Waals surface area contributed by atoms with Crippen molar-refractivity contribution in [2.24, 2.45) is 0 Å². The van der Waals surface area contributed by atoms with Gasteiger partial charge in [-0.2, -0.15) is 0 Å². The number of hydrogen-bond acceptors (Lipinski definition) is 7. The van der Waals surface area contributed by atoms with Crippen molar-refractivity contribution in [3.05, 3.63) is 45.3 Å². The fourth-order valence-electron chi connectivity index (χ4n) is 3.73. The van der Waals surface area contributed by atoms with Crippen LogP contribution in [0, 0.1) is 0 Å². The van der Waals surface area contributed by atoms with E-state index in [9.17, 15) is 0 Å². The molecule has 0 aliphatic carbocycles. The normalized spacial score (nSPS) is 15.6. The molecule has 0 radical (unpaired) electrons. The summed E-state index contributed by atoms with van der Waals surface area (Å²) in [4.78, 5) is 7.36. The van der Waals surface area contributed by atoms with E-state index in [-0.39, 0.29) is 5.60 Å². The van der Waals surface area contributed by atoms with E-state index >= 15 is 0 Å². The number of fused-ring (bicyclic) bond motifs is 5. The largest absolute Gasteiger partial charge is 0.370 e. The van der Waals surface area contributed by atoms with Gasteiger partial charge >= 0.3 is 0 Å². The zero-order valence-electron chi connectivity index (χ0n) is 17.6. The standard InChI is InChI=1S/C22H23ClN4OS3/c1-4-9-29-20-24-19-17(14-10-22(2,3)28-11-16(14)31-19)18-25-26-21(27(18)20)30-12-13-7-5-6-8-15(13)23/h5-8H,4,9-12H2,1-3H3. The van der Waals surface area contributed by atoms with E-state index in [1.54, 1.807) is 34.9 Å². The molecule has 162 valence electrons. The number of halogens is 1. The molecule has 0 unspecified atom stereocenters. The van der Waals surface area contributed by atoms with Crippen molar-refractivity contribution in [3.8, 4) is 0 Å². The van der Waals surface area contributed by atoms with Crippen molar-refractivity contribution >= 4 is 62.3 Å². The number of thioether (sulfide) groups is 2. The highest BCUT2D eigenvalue weighted by molar-refractivity contribution is 7.99. The number of rotatable bonds is 6. The van der Waals surface area contributed by atoms with Crippen LogP contribution in [0.4, 0.5) is 0 Å². The topological polar surface area (TPSA) is 52.3 Å². The number of ether oxygens (including phenoxy) is 1. The number of nitrogens with zero attached hydrogens (tertiary/aromatic N) is 4. The SMILES string of the molecule is CCCSc1nc2sc3c(c2c2nnc(SCc4ccccc4Cl)n12)CC(C)(C)OC3. The Morgan fingerprint density at radius 2 is 2.03 bits per heavy atom. The number of hydrogen-bond donors (Lipinski definition) is 0. The molecule has 1 aromatic carbocycles. The molecule has 4 aromatic rings. The zero-order valence-corrected chi connectivity index (χ0v) is 20.9. The summed E-state index contributed by atoms with van der Waals surface area (Å²) >= 11 is 11.5. The van der Waals surface area contributed by atoms with Crippen LogP contribution in [0.2, 0.25) is 5.02 Å². The van der Waals surface area contributed by atoms with Crippen molar-refractivity contribution in [3.63, 3.8) is 0 Å². The Morgan fingerprint density at radius 1 is 1.19 bits per heavy atom. The maximum absolute atomic E-state index is 6.37. The zero-order chi connectivity index (χ0) is 21.6. The molecule has 0 spiro atoms. The molecule has 4 heterocycles. The van der Waals surface area contributed by atoms with E-state index in [1.807, 2.05) is 18.2 Å². The Bertz CT molecular complexity index is 1270. The molecular weight excluding hydrogens is 468 g/mol. The van der Waals surface area contributed by atoms with E-state index in [1.165, 1.54) is 10.4 Å². The summed E-state index contributed by atoms with van der Waals surface area (Å²) in [5.41, 5.74) is 3.13. The van der Waals surface area contributed by atoms with Gasteiger partial charge in [-0.3, -0.25) is 0 Å². The predicted molar refractivity (Wildman–Crippen MR) is 131 cm³/mol. The molecule has 0 fully saturated rings. The van der Waals surface area contributed by atoms with Crippen LogP contribution in [-0.2, 0) is 23.5 Å². The van der Waals surface area contributed by atoms with E-state index in [0.717, 1.165) is 61.1 Å². The summed E-state index contributed by atoms with van der Waals surface area (Å²) in [5, 5.41) is 12.9. The lowest BCUT2D eigenvalue weighted by Crippen LogP contribution is -2.31. The highest BCUT2D eigenvalue weighted by Gasteiger charge is 2.31. The van der Waals surface area contributed by atoms with Crippen LogP contribution in [-0.4, -0.2) is 30.9 Å². The molecule has 5 nitrogen and oxygen atoms in total. The molecule has 1 aliphatic rings. The van der Waals surface area contributed by atoms with Gasteiger partial charge in [0.1, 0.15) is 4.83 Å². The molecular formula is C22H23ClN4OS3. The van der Waals surface area contributed by atoms with E-state index < -0.39 is 0 Å². The smallest absolute Gasteiger partial charge is 0.198 e. The van der Waals surface area contributed by atoms with Crippen molar-refractivity contribution in [1.29, 1.82) is 0 Å². The highest BCUT2D eigenvalue weighted by atomic mass is 35.5. The van der Waals surface area contributed by atoms with Gasteiger partial charge in [0.25, 0.3) is 0 Å². The van der Waals surface area contributed by atoms with Crippen LogP contribution >= 0.6 is 46.5 Å². The van der Waals surface area contributed by atoms with Gasteiger partial charge in [0, 0.05) is 27.8 Å². The highest BCUT2D eigenvalue weighted by Crippen LogP contribution is 2.41. The third-order valence-corrected chi connectivity index (χ3v) is 8.85. The summed E-state index contributed by atoms with van der Waals surface area (Å²) < 4.78 is 8.19. The van der Waals surface area contributed by atoms with Crippen LogP contribution < -0.4 is 0 Å². The monoisotopic (exact) mass is 490 g/mol. The average molecular weight is 491 g/mol. The summed E-state index contributed by atoms with van der Waals surface area (Å²) in [6, 6.07) is 7.94. The molecule has 1 aliphatic heterocycles. The van der Waals surface area contributed by atoms with Gasteiger partial charge in [0.15, 0.2) is 16.0 Å². The molecule has 9 heteroatoms. The van der Waals surface area contributed by atoms with Crippen LogP contribution in [0.15, 0.2) is 34.6 Å². The third-order valence-electron chi connectivity index (χ3n) is 5.26. The minimum absolute atomic E-state index is 0.185.